The van der Waals surface area contributed by atoms with E-state index in [0.29, 0.717) is 6.42 Å². The monoisotopic (exact) mass is 580 g/mol. The van der Waals surface area contributed by atoms with E-state index in [1.807, 2.05) is 0 Å². The van der Waals surface area contributed by atoms with Crippen molar-refractivity contribution >= 4 is 20.8 Å². The smallest absolute Gasteiger partial charge is 1.00 e. The van der Waals surface area contributed by atoms with E-state index >= 15 is 0 Å². The zero-order chi connectivity index (χ0) is 26.6. The molecule has 0 spiro atoms. The quantitative estimate of drug-likeness (QED) is 0.0811. The van der Waals surface area contributed by atoms with Crippen LogP contribution in [0.2, 0.25) is 0 Å². The van der Waals surface area contributed by atoms with Gasteiger partial charge in [0, 0.05) is 0 Å². The maximum Gasteiger partial charge on any atom is 1.00 e. The molecule has 0 aromatic carbocycles. The molecule has 0 rings (SSSR count). The van der Waals surface area contributed by atoms with E-state index in [1.54, 1.807) is 0 Å². The Labute approximate surface area is 269 Å². The Balaban J connectivity index is -0.000000106. The van der Waals surface area contributed by atoms with Gasteiger partial charge in [-0.25, -0.2) is 4.18 Å². The molecule has 12 heteroatoms. The van der Waals surface area contributed by atoms with Gasteiger partial charge >= 0.3 is 79.9 Å². The van der Waals surface area contributed by atoms with Crippen LogP contribution in [0.25, 0.3) is 0 Å². The van der Waals surface area contributed by atoms with Gasteiger partial charge in [-0.1, -0.05) is 129 Å². The summed E-state index contributed by atoms with van der Waals surface area (Å²) in [6.45, 7) is 8.43. The number of unbranched alkanes of at least 4 members (excludes halogenated alkanes) is 18. The molecule has 0 heterocycles. The molecule has 0 bridgehead atoms. The predicted molar refractivity (Wildman–Crippen MR) is 142 cm³/mol. The van der Waals surface area contributed by atoms with Crippen LogP contribution in [-0.2, 0) is 25.0 Å². The summed E-state index contributed by atoms with van der Waals surface area (Å²) in [4.78, 5) is 0. The second kappa shape index (κ2) is 36.7. The van der Waals surface area contributed by atoms with Crippen LogP contribution in [0, 0.1) is 6.92 Å². The van der Waals surface area contributed by atoms with E-state index in [4.69, 9.17) is 22.1 Å². The molecule has 0 aliphatic rings. The second-order valence-electron chi connectivity index (χ2n) is 8.56. The standard InChI is InChI=1S/C12H26O4S.C12H25.2Na.H2O4S.H/c1-2-3-4-5-6-7-8-9-10-11-12-16-17(13,14)15;1-3-5-7-9-11-12-10-8-6-4-2;;;1-5(2,3)4;/h2-12H2,1H3,(H,13,14,15);1,3-12H2,2H3;;;(H2,1,2,3,4);/q;-1;2*+1;;-1. The number of hydrogen-bond acceptors (Lipinski definition) is 5. The summed E-state index contributed by atoms with van der Waals surface area (Å²) in [7, 11) is -8.90. The third-order valence-corrected chi connectivity index (χ3v) is 5.55. The molecule has 0 aromatic heterocycles. The van der Waals surface area contributed by atoms with Crippen molar-refractivity contribution in [3.05, 3.63) is 6.92 Å². The molecule has 0 saturated carbocycles. The third-order valence-electron chi connectivity index (χ3n) is 5.08. The Morgan fingerprint density at radius 2 is 0.806 bits per heavy atom. The molecule has 36 heavy (non-hydrogen) atoms. The van der Waals surface area contributed by atoms with Gasteiger partial charge in [0.15, 0.2) is 0 Å². The molecule has 8 nitrogen and oxygen atoms in total. The minimum Gasteiger partial charge on any atom is -1.00 e. The fourth-order valence-electron chi connectivity index (χ4n) is 3.24. The van der Waals surface area contributed by atoms with Crippen molar-refractivity contribution in [1.29, 1.82) is 0 Å². The van der Waals surface area contributed by atoms with Crippen molar-refractivity contribution in [1.82, 2.24) is 0 Å². The number of hydrogen-bond donors (Lipinski definition) is 3. The molecule has 212 valence electrons. The summed E-state index contributed by atoms with van der Waals surface area (Å²) in [5.74, 6) is 0. The first-order chi connectivity index (χ1) is 16.0. The first kappa shape index (κ1) is 47.5. The predicted octanol–water partition coefficient (Wildman–Crippen LogP) is 1.94. The maximum atomic E-state index is 10.2. The minimum atomic E-state index is -4.67. The Morgan fingerprint density at radius 1 is 0.556 bits per heavy atom. The number of rotatable bonds is 21. The molecule has 0 atom stereocenters. The summed E-state index contributed by atoms with van der Waals surface area (Å²) in [5, 5.41) is 0. The summed E-state index contributed by atoms with van der Waals surface area (Å²) >= 11 is 0. The molecule has 3 N–H and O–H groups in total. The molecular weight excluding hydrogens is 526 g/mol. The summed E-state index contributed by atoms with van der Waals surface area (Å²) in [6, 6.07) is 0. The van der Waals surface area contributed by atoms with Gasteiger partial charge in [-0.2, -0.15) is 23.3 Å². The van der Waals surface area contributed by atoms with Gasteiger partial charge < -0.3 is 8.35 Å². The molecule has 0 amide bonds. The van der Waals surface area contributed by atoms with E-state index in [2.05, 4.69) is 25.0 Å². The van der Waals surface area contributed by atoms with Crippen molar-refractivity contribution < 1.29 is 95.2 Å². The second-order valence-corrected chi connectivity index (χ2v) is 10.5. The first-order valence-corrected chi connectivity index (χ1v) is 15.8. The van der Waals surface area contributed by atoms with Crippen molar-refractivity contribution in [2.24, 2.45) is 0 Å². The van der Waals surface area contributed by atoms with Crippen molar-refractivity contribution in [2.45, 2.75) is 142 Å². The average Bonchev–Trinajstić information content (AvgIpc) is 2.72. The Bertz CT molecular complexity index is 578. The van der Waals surface area contributed by atoms with Crippen molar-refractivity contribution in [2.75, 3.05) is 6.61 Å². The van der Waals surface area contributed by atoms with Crippen LogP contribution in [0.15, 0.2) is 0 Å². The molecule has 0 saturated heterocycles. The molecule has 0 aliphatic heterocycles. The van der Waals surface area contributed by atoms with Gasteiger partial charge in [0.2, 0.25) is 0 Å². The molecule has 0 aliphatic carbocycles. The van der Waals surface area contributed by atoms with E-state index in [1.165, 1.54) is 103 Å². The minimum absolute atomic E-state index is 0. The zero-order valence-corrected chi connectivity index (χ0v) is 29.4. The van der Waals surface area contributed by atoms with Gasteiger partial charge in [-0.15, -0.1) is 0 Å². The summed E-state index contributed by atoms with van der Waals surface area (Å²) in [6.07, 6.45) is 25.7. The maximum absolute atomic E-state index is 10.2. The largest absolute Gasteiger partial charge is 1.00 e. The average molecular weight is 581 g/mol. The normalized spacial score (nSPS) is 10.7. The fraction of sp³-hybridized carbons (Fsp3) is 0.958. The van der Waals surface area contributed by atoms with Crippen LogP contribution in [-0.4, -0.2) is 37.1 Å². The topological polar surface area (TPSA) is 138 Å². The summed E-state index contributed by atoms with van der Waals surface area (Å²) in [5.41, 5.74) is 0. The van der Waals surface area contributed by atoms with Crippen molar-refractivity contribution in [3.8, 4) is 0 Å². The van der Waals surface area contributed by atoms with Gasteiger partial charge in [0.25, 0.3) is 0 Å². The summed E-state index contributed by atoms with van der Waals surface area (Å²) < 4.78 is 64.6. The fourth-order valence-corrected chi connectivity index (χ4v) is 3.57. The van der Waals surface area contributed by atoms with E-state index < -0.39 is 20.8 Å². The first-order valence-electron chi connectivity index (χ1n) is 13.1. The van der Waals surface area contributed by atoms with Crippen LogP contribution >= 0.6 is 0 Å². The van der Waals surface area contributed by atoms with Crippen LogP contribution in [0.5, 0.6) is 0 Å². The SMILES string of the molecule is CCCCCCCCCCCCOS(=O)(=O)O.O=S(=O)(O)O.[CH2-]CCCCCCCCCCC.[H-].[Na+].[Na+]. The molecule has 0 unspecified atom stereocenters. The van der Waals surface area contributed by atoms with Crippen LogP contribution in [0.3, 0.4) is 0 Å². The third kappa shape index (κ3) is 70.5. The van der Waals surface area contributed by atoms with Gasteiger partial charge in [-0.05, 0) is 6.42 Å². The van der Waals surface area contributed by atoms with Crippen LogP contribution < -0.4 is 59.1 Å². The van der Waals surface area contributed by atoms with Crippen LogP contribution in [0.4, 0.5) is 0 Å². The molecule has 0 radical (unpaired) electrons. The Hall–Kier alpha value is 1.74. The molecule has 0 fully saturated rings. The van der Waals surface area contributed by atoms with Gasteiger partial charge in [-0.3, -0.25) is 13.7 Å². The molecule has 0 aromatic rings. The van der Waals surface area contributed by atoms with Gasteiger partial charge in [0.05, 0.1) is 6.61 Å². The van der Waals surface area contributed by atoms with Crippen molar-refractivity contribution in [3.63, 3.8) is 0 Å². The Kier molecular flexibility index (Phi) is 48.5. The van der Waals surface area contributed by atoms with E-state index in [9.17, 15) is 8.42 Å². The van der Waals surface area contributed by atoms with Crippen LogP contribution in [0.1, 0.15) is 144 Å². The van der Waals surface area contributed by atoms with Gasteiger partial charge in [0.1, 0.15) is 0 Å². The molecular formula is C24H54Na2O8S2. The van der Waals surface area contributed by atoms with E-state index in [0.717, 1.165) is 19.3 Å². The zero-order valence-electron chi connectivity index (χ0n) is 24.8. The Morgan fingerprint density at radius 3 is 1.06 bits per heavy atom. The van der Waals surface area contributed by atoms with E-state index in [-0.39, 0.29) is 67.1 Å².